The number of nitrogens with one attached hydrogen (secondary N) is 1. The van der Waals surface area contributed by atoms with Gasteiger partial charge in [0, 0.05) is 19.1 Å². The molecular weight excluding hydrogens is 256 g/mol. The fourth-order valence-electron chi connectivity index (χ4n) is 3.09. The van der Waals surface area contributed by atoms with E-state index in [-0.39, 0.29) is 0 Å². The van der Waals surface area contributed by atoms with Crippen LogP contribution in [0.3, 0.4) is 0 Å². The molecule has 1 aromatic rings. The van der Waals surface area contributed by atoms with Crippen LogP contribution in [-0.4, -0.2) is 31.6 Å². The zero-order valence-corrected chi connectivity index (χ0v) is 14.4. The van der Waals surface area contributed by atoms with Crippen molar-refractivity contribution < 1.29 is 0 Å². The summed E-state index contributed by atoms with van der Waals surface area (Å²) < 4.78 is 0. The molecule has 1 saturated carbocycles. The fraction of sp³-hybridized carbons (Fsp3) is 0.684. The van der Waals surface area contributed by atoms with E-state index in [0.717, 1.165) is 24.9 Å². The summed E-state index contributed by atoms with van der Waals surface area (Å²) in [5.41, 5.74) is 2.84. The van der Waals surface area contributed by atoms with Gasteiger partial charge < -0.3 is 10.2 Å². The molecule has 118 valence electrons. The Balaban J connectivity index is 1.96. The van der Waals surface area contributed by atoms with Crippen LogP contribution in [0.15, 0.2) is 24.3 Å². The Kier molecular flexibility index (Phi) is 5.83. The molecule has 2 rings (SSSR count). The molecule has 0 radical (unpaired) electrons. The van der Waals surface area contributed by atoms with Crippen molar-refractivity contribution in [1.29, 1.82) is 0 Å². The van der Waals surface area contributed by atoms with Gasteiger partial charge in [0.05, 0.1) is 0 Å². The summed E-state index contributed by atoms with van der Waals surface area (Å²) in [4.78, 5) is 2.50. The summed E-state index contributed by atoms with van der Waals surface area (Å²) >= 11 is 0. The van der Waals surface area contributed by atoms with E-state index in [2.05, 4.69) is 69.2 Å². The molecule has 3 unspecified atom stereocenters. The average molecular weight is 288 g/mol. The molecule has 0 amide bonds. The van der Waals surface area contributed by atoms with Crippen molar-refractivity contribution in [3.63, 3.8) is 0 Å². The number of hydrogen-bond acceptors (Lipinski definition) is 2. The standard InChI is InChI=1S/C19H32N2/c1-6-20-19(13-21(5)12-18-11-15(18)4)17-9-7-16(8-10-17)14(2)3/h7-10,14-15,18-20H,6,11-13H2,1-5H3. The van der Waals surface area contributed by atoms with Crippen LogP contribution in [-0.2, 0) is 0 Å². The van der Waals surface area contributed by atoms with Gasteiger partial charge in [-0.25, -0.2) is 0 Å². The van der Waals surface area contributed by atoms with Crippen molar-refractivity contribution >= 4 is 0 Å². The summed E-state index contributed by atoms with van der Waals surface area (Å²) in [6.07, 6.45) is 1.42. The van der Waals surface area contributed by atoms with Crippen LogP contribution in [0.5, 0.6) is 0 Å². The van der Waals surface area contributed by atoms with E-state index in [1.165, 1.54) is 24.1 Å². The number of rotatable bonds is 8. The van der Waals surface area contributed by atoms with Crippen LogP contribution in [0.2, 0.25) is 0 Å². The summed E-state index contributed by atoms with van der Waals surface area (Å²) in [6.45, 7) is 12.4. The molecular formula is C19H32N2. The van der Waals surface area contributed by atoms with Gasteiger partial charge in [-0.3, -0.25) is 0 Å². The van der Waals surface area contributed by atoms with Crippen LogP contribution in [0, 0.1) is 11.8 Å². The van der Waals surface area contributed by atoms with Gasteiger partial charge in [0.2, 0.25) is 0 Å². The summed E-state index contributed by atoms with van der Waals surface area (Å²) in [7, 11) is 2.26. The first-order valence-corrected chi connectivity index (χ1v) is 8.53. The van der Waals surface area contributed by atoms with Crippen LogP contribution < -0.4 is 5.32 Å². The maximum absolute atomic E-state index is 3.64. The van der Waals surface area contributed by atoms with E-state index < -0.39 is 0 Å². The highest BCUT2D eigenvalue weighted by atomic mass is 15.1. The molecule has 1 aromatic carbocycles. The summed E-state index contributed by atoms with van der Waals surface area (Å²) in [5, 5.41) is 3.64. The van der Waals surface area contributed by atoms with E-state index in [0.29, 0.717) is 12.0 Å². The molecule has 3 atom stereocenters. The molecule has 21 heavy (non-hydrogen) atoms. The molecule has 0 spiro atoms. The Hall–Kier alpha value is -0.860. The second-order valence-electron chi connectivity index (χ2n) is 7.13. The molecule has 0 saturated heterocycles. The van der Waals surface area contributed by atoms with Gasteiger partial charge in [0.25, 0.3) is 0 Å². The SMILES string of the molecule is CCNC(CN(C)CC1CC1C)c1ccc(C(C)C)cc1. The van der Waals surface area contributed by atoms with Crippen molar-refractivity contribution in [2.45, 2.75) is 46.1 Å². The third-order valence-electron chi connectivity index (χ3n) is 4.77. The lowest BCUT2D eigenvalue weighted by Gasteiger charge is -2.25. The lowest BCUT2D eigenvalue weighted by Crippen LogP contribution is -2.34. The highest BCUT2D eigenvalue weighted by Gasteiger charge is 2.33. The lowest BCUT2D eigenvalue weighted by molar-refractivity contribution is 0.278. The monoisotopic (exact) mass is 288 g/mol. The van der Waals surface area contributed by atoms with Crippen molar-refractivity contribution in [2.75, 3.05) is 26.7 Å². The highest BCUT2D eigenvalue weighted by molar-refractivity contribution is 5.27. The summed E-state index contributed by atoms with van der Waals surface area (Å²) in [6, 6.07) is 9.61. The van der Waals surface area contributed by atoms with Crippen molar-refractivity contribution in [3.8, 4) is 0 Å². The third kappa shape index (κ3) is 4.82. The van der Waals surface area contributed by atoms with Crippen LogP contribution in [0.1, 0.15) is 57.2 Å². The van der Waals surface area contributed by atoms with E-state index in [4.69, 9.17) is 0 Å². The van der Waals surface area contributed by atoms with Gasteiger partial charge >= 0.3 is 0 Å². The molecule has 0 heterocycles. The number of hydrogen-bond donors (Lipinski definition) is 1. The maximum atomic E-state index is 3.64. The summed E-state index contributed by atoms with van der Waals surface area (Å²) in [5.74, 6) is 2.48. The Morgan fingerprint density at radius 3 is 2.24 bits per heavy atom. The smallest absolute Gasteiger partial charge is 0.0449 e. The normalized spacial score (nSPS) is 22.8. The molecule has 2 heteroatoms. The maximum Gasteiger partial charge on any atom is 0.0449 e. The zero-order valence-electron chi connectivity index (χ0n) is 14.4. The molecule has 0 aromatic heterocycles. The van der Waals surface area contributed by atoms with Gasteiger partial charge in [0.15, 0.2) is 0 Å². The quantitative estimate of drug-likeness (QED) is 0.776. The predicted octanol–water partition coefficient (Wildman–Crippen LogP) is 4.05. The van der Waals surface area contributed by atoms with Crippen LogP contribution >= 0.6 is 0 Å². The first kappa shape index (κ1) is 16.5. The van der Waals surface area contributed by atoms with Gasteiger partial charge in [-0.1, -0.05) is 52.0 Å². The largest absolute Gasteiger partial charge is 0.309 e. The van der Waals surface area contributed by atoms with E-state index in [9.17, 15) is 0 Å². The molecule has 1 aliphatic rings. The molecule has 1 aliphatic carbocycles. The Labute approximate surface area is 130 Å². The molecule has 1 N–H and O–H groups in total. The third-order valence-corrected chi connectivity index (χ3v) is 4.77. The van der Waals surface area contributed by atoms with E-state index >= 15 is 0 Å². The minimum absolute atomic E-state index is 0.440. The van der Waals surface area contributed by atoms with Crippen molar-refractivity contribution in [2.24, 2.45) is 11.8 Å². The minimum atomic E-state index is 0.440. The van der Waals surface area contributed by atoms with Gasteiger partial charge in [-0.2, -0.15) is 0 Å². The first-order valence-electron chi connectivity index (χ1n) is 8.53. The molecule has 0 bridgehead atoms. The molecule has 2 nitrogen and oxygen atoms in total. The first-order chi connectivity index (χ1) is 10.0. The molecule has 0 aliphatic heterocycles. The Morgan fingerprint density at radius 1 is 1.19 bits per heavy atom. The topological polar surface area (TPSA) is 15.3 Å². The number of benzene rings is 1. The van der Waals surface area contributed by atoms with Gasteiger partial charge in [-0.05, 0) is 48.9 Å². The van der Waals surface area contributed by atoms with Crippen molar-refractivity contribution in [1.82, 2.24) is 10.2 Å². The Bertz CT molecular complexity index is 424. The number of likely N-dealkylation sites (N-methyl/N-ethyl adjacent to an activating group) is 2. The Morgan fingerprint density at radius 2 is 1.76 bits per heavy atom. The molecule has 1 fully saturated rings. The van der Waals surface area contributed by atoms with Crippen LogP contribution in [0.25, 0.3) is 0 Å². The lowest BCUT2D eigenvalue weighted by atomic mass is 9.99. The predicted molar refractivity (Wildman–Crippen MR) is 91.7 cm³/mol. The highest BCUT2D eigenvalue weighted by Crippen LogP contribution is 2.38. The van der Waals surface area contributed by atoms with Crippen LogP contribution in [0.4, 0.5) is 0 Å². The number of nitrogens with zero attached hydrogens (tertiary/aromatic N) is 1. The average Bonchev–Trinajstić information content (AvgIpc) is 3.13. The second-order valence-corrected chi connectivity index (χ2v) is 7.13. The minimum Gasteiger partial charge on any atom is -0.309 e. The van der Waals surface area contributed by atoms with Crippen molar-refractivity contribution in [3.05, 3.63) is 35.4 Å². The second kappa shape index (κ2) is 7.42. The zero-order chi connectivity index (χ0) is 15.4. The fourth-order valence-corrected chi connectivity index (χ4v) is 3.09. The van der Waals surface area contributed by atoms with Gasteiger partial charge in [0.1, 0.15) is 0 Å². The van der Waals surface area contributed by atoms with E-state index in [1.54, 1.807) is 0 Å². The van der Waals surface area contributed by atoms with Gasteiger partial charge in [-0.15, -0.1) is 0 Å². The van der Waals surface area contributed by atoms with E-state index in [1.807, 2.05) is 0 Å².